The summed E-state index contributed by atoms with van der Waals surface area (Å²) < 4.78 is 10.4. The van der Waals surface area contributed by atoms with Gasteiger partial charge in [0, 0.05) is 48.7 Å². The lowest BCUT2D eigenvalue weighted by Crippen LogP contribution is -2.41. The van der Waals surface area contributed by atoms with Crippen molar-refractivity contribution in [1.29, 1.82) is 0 Å². The monoisotopic (exact) mass is 585 g/mol. The van der Waals surface area contributed by atoms with Crippen molar-refractivity contribution in [3.8, 4) is 17.3 Å². The highest BCUT2D eigenvalue weighted by atomic mass is 16.5. The van der Waals surface area contributed by atoms with Gasteiger partial charge in [0.15, 0.2) is 5.82 Å². The number of imidazole rings is 1. The fourth-order valence-corrected chi connectivity index (χ4v) is 7.45. The summed E-state index contributed by atoms with van der Waals surface area (Å²) in [6.45, 7) is 3.81. The van der Waals surface area contributed by atoms with E-state index in [2.05, 4.69) is 76.7 Å². The number of nitrogens with two attached hydrogens (primary N) is 1. The normalized spacial score (nSPS) is 21.4. The lowest BCUT2D eigenvalue weighted by molar-refractivity contribution is 0.0700. The molecule has 1 aliphatic heterocycles. The third-order valence-corrected chi connectivity index (χ3v) is 10.2. The van der Waals surface area contributed by atoms with Crippen LogP contribution in [0.15, 0.2) is 60.7 Å². The van der Waals surface area contributed by atoms with E-state index in [1.807, 2.05) is 24.1 Å². The van der Waals surface area contributed by atoms with E-state index in [9.17, 15) is 4.79 Å². The van der Waals surface area contributed by atoms with Crippen molar-refractivity contribution in [3.63, 3.8) is 0 Å². The van der Waals surface area contributed by atoms with Crippen LogP contribution in [-0.2, 0) is 13.6 Å². The summed E-state index contributed by atoms with van der Waals surface area (Å²) in [5.41, 5.74) is 14.6. The summed E-state index contributed by atoms with van der Waals surface area (Å²) in [5.74, 6) is 2.65. The van der Waals surface area contributed by atoms with Gasteiger partial charge in [-0.2, -0.15) is 0 Å². The molecule has 2 saturated carbocycles. The number of hydrogen-bond donors (Lipinski definition) is 1. The van der Waals surface area contributed by atoms with Gasteiger partial charge in [-0.05, 0) is 79.8 Å². The van der Waals surface area contributed by atoms with Gasteiger partial charge in [-0.3, -0.25) is 4.79 Å². The maximum absolute atomic E-state index is 13.7. The lowest BCUT2D eigenvalue weighted by Gasteiger charge is -2.27. The van der Waals surface area contributed by atoms with Crippen LogP contribution < -0.4 is 10.5 Å². The van der Waals surface area contributed by atoms with Crippen molar-refractivity contribution in [1.82, 2.24) is 19.0 Å². The Morgan fingerprint density at radius 3 is 2.48 bits per heavy atom. The van der Waals surface area contributed by atoms with Crippen molar-refractivity contribution < 1.29 is 9.53 Å². The second-order valence-corrected chi connectivity index (χ2v) is 13.1. The molecule has 5 aromatic rings. The highest BCUT2D eigenvalue weighted by Crippen LogP contribution is 2.40. The summed E-state index contributed by atoms with van der Waals surface area (Å²) in [7, 11) is 3.71. The van der Waals surface area contributed by atoms with E-state index in [4.69, 9.17) is 15.5 Å². The molecule has 224 valence electrons. The number of nitrogens with zero attached hydrogens (tertiary/aromatic N) is 4. The SMILES string of the molecule is COc1cc(C(=O)N2C[C@H]3CCC2[C@H]3N)cc2nc(-c3cc4ccc(/C=C/c5ccc(C)cc5)cc4n3CC3CC3)n(C)c12. The van der Waals surface area contributed by atoms with Gasteiger partial charge in [-0.25, -0.2) is 4.98 Å². The molecular formula is C37H39N5O2. The van der Waals surface area contributed by atoms with E-state index in [1.165, 1.54) is 40.4 Å². The van der Waals surface area contributed by atoms with Crippen molar-refractivity contribution >= 4 is 40.0 Å². The molecule has 0 radical (unpaired) electrons. The van der Waals surface area contributed by atoms with Gasteiger partial charge in [0.1, 0.15) is 11.3 Å². The molecule has 0 spiro atoms. The molecule has 3 fully saturated rings. The molecule has 3 heterocycles. The van der Waals surface area contributed by atoms with Crippen LogP contribution in [0.1, 0.15) is 52.7 Å². The Morgan fingerprint density at radius 2 is 1.77 bits per heavy atom. The number of ether oxygens (including phenoxy) is 1. The first kappa shape index (κ1) is 27.2. The van der Waals surface area contributed by atoms with Gasteiger partial charge in [0.25, 0.3) is 5.91 Å². The van der Waals surface area contributed by atoms with Gasteiger partial charge in [0.2, 0.25) is 0 Å². The molecule has 7 nitrogen and oxygen atoms in total. The Labute approximate surface area is 257 Å². The molecular weight excluding hydrogens is 546 g/mol. The minimum atomic E-state index is 0.0223. The first-order valence-corrected chi connectivity index (χ1v) is 15.9. The molecule has 8 rings (SSSR count). The van der Waals surface area contributed by atoms with E-state index in [0.717, 1.165) is 48.5 Å². The standard InChI is InChI=1S/C37H39N5O2/c1-22-4-6-23(7-5-22)8-9-24-12-13-26-18-32(41(31(26)16-24)20-25-10-11-25)36-39-29-17-28(19-33(44-3)35(29)40(36)2)37(43)42-21-27-14-15-30(42)34(27)38/h4-9,12-13,16-19,25,27,30,34H,10-11,14-15,20-21,38H2,1-3H3/b9-8+/t27-,30?,34+/m1/s1. The van der Waals surface area contributed by atoms with Crippen molar-refractivity contribution in [2.24, 2.45) is 24.6 Å². The molecule has 2 N–H and O–H groups in total. The number of methoxy groups -OCH3 is 1. The molecule has 3 aromatic carbocycles. The van der Waals surface area contributed by atoms with Crippen molar-refractivity contribution in [3.05, 3.63) is 82.9 Å². The molecule has 1 saturated heterocycles. The van der Waals surface area contributed by atoms with Crippen LogP contribution in [-0.4, -0.2) is 50.7 Å². The maximum Gasteiger partial charge on any atom is 0.254 e. The highest BCUT2D eigenvalue weighted by Gasteiger charge is 2.47. The average molecular weight is 586 g/mol. The summed E-state index contributed by atoms with van der Waals surface area (Å²) in [6, 6.07) is 21.6. The van der Waals surface area contributed by atoms with Crippen LogP contribution in [0, 0.1) is 18.8 Å². The van der Waals surface area contributed by atoms with Crippen LogP contribution in [0.4, 0.5) is 0 Å². The van der Waals surface area contributed by atoms with Crippen LogP contribution in [0.25, 0.3) is 45.6 Å². The fraction of sp³-hybridized carbons (Fsp3) is 0.351. The predicted octanol–water partition coefficient (Wildman–Crippen LogP) is 6.65. The summed E-state index contributed by atoms with van der Waals surface area (Å²) in [5, 5.41) is 1.20. The van der Waals surface area contributed by atoms with E-state index in [1.54, 1.807) is 7.11 Å². The fourth-order valence-electron chi connectivity index (χ4n) is 7.45. The summed E-state index contributed by atoms with van der Waals surface area (Å²) >= 11 is 0. The summed E-state index contributed by atoms with van der Waals surface area (Å²) in [6.07, 6.45) is 8.98. The van der Waals surface area contributed by atoms with E-state index >= 15 is 0 Å². The first-order valence-electron chi connectivity index (χ1n) is 15.9. The zero-order chi connectivity index (χ0) is 30.1. The number of likely N-dealkylation sites (tertiary alicyclic amines) is 1. The van der Waals surface area contributed by atoms with E-state index < -0.39 is 0 Å². The predicted molar refractivity (Wildman–Crippen MR) is 177 cm³/mol. The molecule has 2 aromatic heterocycles. The van der Waals surface area contributed by atoms with Crippen LogP contribution in [0.3, 0.4) is 0 Å². The lowest BCUT2D eigenvalue weighted by atomic mass is 10.1. The Morgan fingerprint density at radius 1 is 1.00 bits per heavy atom. The molecule has 3 atom stereocenters. The Balaban J connectivity index is 1.20. The molecule has 2 bridgehead atoms. The third-order valence-electron chi connectivity index (χ3n) is 10.2. The van der Waals surface area contributed by atoms with E-state index in [0.29, 0.717) is 23.1 Å². The number of benzene rings is 3. The maximum atomic E-state index is 13.7. The highest BCUT2D eigenvalue weighted by molar-refractivity contribution is 6.00. The quantitative estimate of drug-likeness (QED) is 0.217. The molecule has 44 heavy (non-hydrogen) atoms. The number of aryl methyl sites for hydroxylation is 2. The average Bonchev–Trinajstić information content (AvgIpc) is 3.44. The number of rotatable bonds is 7. The second-order valence-electron chi connectivity index (χ2n) is 13.1. The Hall–Kier alpha value is -4.36. The van der Waals surface area contributed by atoms with Gasteiger partial charge in [-0.15, -0.1) is 0 Å². The Bertz CT molecular complexity index is 1940. The zero-order valence-electron chi connectivity index (χ0n) is 25.7. The Kier molecular flexibility index (Phi) is 6.42. The van der Waals surface area contributed by atoms with Gasteiger partial charge in [-0.1, -0.05) is 54.1 Å². The van der Waals surface area contributed by atoms with Gasteiger partial charge >= 0.3 is 0 Å². The number of aromatic nitrogens is 3. The smallest absolute Gasteiger partial charge is 0.254 e. The molecule has 1 unspecified atom stereocenters. The topological polar surface area (TPSA) is 78.3 Å². The van der Waals surface area contributed by atoms with Crippen LogP contribution >= 0.6 is 0 Å². The first-order chi connectivity index (χ1) is 21.4. The number of carbonyl (C=O) groups is 1. The van der Waals surface area contributed by atoms with Gasteiger partial charge < -0.3 is 24.5 Å². The number of amides is 1. The third kappa shape index (κ3) is 4.53. The number of carbonyl (C=O) groups excluding carboxylic acids is 1. The summed E-state index contributed by atoms with van der Waals surface area (Å²) in [4.78, 5) is 20.9. The van der Waals surface area contributed by atoms with E-state index in [-0.39, 0.29) is 18.0 Å². The number of piperidine rings is 1. The minimum Gasteiger partial charge on any atom is -0.494 e. The minimum absolute atomic E-state index is 0.0223. The molecule has 1 amide bonds. The zero-order valence-corrected chi connectivity index (χ0v) is 25.7. The van der Waals surface area contributed by atoms with Crippen LogP contribution in [0.5, 0.6) is 5.75 Å². The molecule has 2 aliphatic carbocycles. The largest absolute Gasteiger partial charge is 0.494 e. The van der Waals surface area contributed by atoms with Crippen LogP contribution in [0.2, 0.25) is 0 Å². The van der Waals surface area contributed by atoms with Gasteiger partial charge in [0.05, 0.1) is 18.3 Å². The number of hydrogen-bond acceptors (Lipinski definition) is 4. The molecule has 3 aliphatic rings. The van der Waals surface area contributed by atoms with Crippen molar-refractivity contribution in [2.75, 3.05) is 13.7 Å². The van der Waals surface area contributed by atoms with Crippen molar-refractivity contribution in [2.45, 2.75) is 51.2 Å². The number of fused-ring (bicyclic) bond motifs is 4. The molecule has 7 heteroatoms. The second kappa shape index (κ2) is 10.4.